The smallest absolute Gasteiger partial charge is 0.294 e. The van der Waals surface area contributed by atoms with Crippen LogP contribution in [0.3, 0.4) is 0 Å². The predicted molar refractivity (Wildman–Crippen MR) is 87.8 cm³/mol. The molecule has 2 aromatic rings. The normalized spacial score (nSPS) is 13.2. The van der Waals surface area contributed by atoms with E-state index in [1.165, 1.54) is 13.2 Å². The van der Waals surface area contributed by atoms with E-state index in [-0.39, 0.29) is 15.6 Å². The molecule has 1 N–H and O–H groups in total. The van der Waals surface area contributed by atoms with E-state index in [0.717, 1.165) is 18.2 Å². The molecule has 0 saturated heterocycles. The average molecular weight is 375 g/mol. The standard InChI is InChI=1S/C14H17NO7S2/c1-15(2,3)12-7-10(23(16,17)18)5-9-6-11(24(19,20)21)8-13(22-4)14(9)12/h5-8H,1-4H3,(H-,16,17,18,19,20,21). The minimum atomic E-state index is -4.76. The zero-order valence-electron chi connectivity index (χ0n) is 13.5. The summed E-state index contributed by atoms with van der Waals surface area (Å²) in [5.74, 6) is 0.137. The fourth-order valence-electron chi connectivity index (χ4n) is 2.38. The Labute approximate surface area is 140 Å². The first-order valence-corrected chi connectivity index (χ1v) is 9.51. The van der Waals surface area contributed by atoms with Gasteiger partial charge >= 0.3 is 0 Å². The van der Waals surface area contributed by atoms with Crippen LogP contribution in [0.25, 0.3) is 10.8 Å². The molecule has 10 heteroatoms. The second-order valence-corrected chi connectivity index (χ2v) is 8.91. The molecule has 8 nitrogen and oxygen atoms in total. The molecule has 0 atom stereocenters. The van der Waals surface area contributed by atoms with Gasteiger partial charge in [0.2, 0.25) is 0 Å². The first kappa shape index (κ1) is 18.6. The number of nitrogens with zero attached hydrogens (tertiary/aromatic N) is 1. The SMILES string of the molecule is COc1cc(S(=O)(=O)O)cc2cc(S(=O)(=O)[O-])cc([N+](C)(C)C)c12. The molecule has 0 heterocycles. The quantitative estimate of drug-likeness (QED) is 0.629. The summed E-state index contributed by atoms with van der Waals surface area (Å²) in [7, 11) is -2.71. The highest BCUT2D eigenvalue weighted by Crippen LogP contribution is 2.39. The topological polar surface area (TPSA) is 121 Å². The van der Waals surface area contributed by atoms with Crippen molar-refractivity contribution in [3.8, 4) is 5.75 Å². The van der Waals surface area contributed by atoms with E-state index in [1.54, 1.807) is 21.1 Å². The molecule has 0 aliphatic heterocycles. The van der Waals surface area contributed by atoms with Gasteiger partial charge in [-0.25, -0.2) is 8.42 Å². The molecule has 0 aliphatic carbocycles. The Morgan fingerprint density at radius 1 is 1.00 bits per heavy atom. The third-order valence-corrected chi connectivity index (χ3v) is 5.11. The highest BCUT2D eigenvalue weighted by Gasteiger charge is 2.24. The van der Waals surface area contributed by atoms with E-state index in [2.05, 4.69) is 0 Å². The molecule has 0 saturated carbocycles. The van der Waals surface area contributed by atoms with Gasteiger partial charge in [0.15, 0.2) is 0 Å². The summed E-state index contributed by atoms with van der Waals surface area (Å²) in [4.78, 5) is -0.952. The first-order chi connectivity index (χ1) is 10.7. The molecule has 132 valence electrons. The van der Waals surface area contributed by atoms with Crippen LogP contribution in [-0.4, -0.2) is 54.2 Å². The largest absolute Gasteiger partial charge is 0.744 e. The van der Waals surface area contributed by atoms with Crippen molar-refractivity contribution in [2.24, 2.45) is 0 Å². The van der Waals surface area contributed by atoms with Gasteiger partial charge < -0.3 is 9.29 Å². The number of quaternary nitrogens is 1. The molecule has 0 amide bonds. The molecular weight excluding hydrogens is 358 g/mol. The van der Waals surface area contributed by atoms with Crippen LogP contribution in [0.15, 0.2) is 34.1 Å². The van der Waals surface area contributed by atoms with Gasteiger partial charge in [-0.2, -0.15) is 8.42 Å². The van der Waals surface area contributed by atoms with Crippen molar-refractivity contribution in [1.82, 2.24) is 4.48 Å². The Morgan fingerprint density at radius 2 is 1.54 bits per heavy atom. The van der Waals surface area contributed by atoms with Crippen LogP contribution in [0.5, 0.6) is 5.75 Å². The average Bonchev–Trinajstić information content (AvgIpc) is 2.41. The summed E-state index contributed by atoms with van der Waals surface area (Å²) in [5.41, 5.74) is 0.445. The van der Waals surface area contributed by atoms with Crippen LogP contribution in [0.4, 0.5) is 5.69 Å². The van der Waals surface area contributed by atoms with Crippen molar-refractivity contribution in [2.45, 2.75) is 9.79 Å². The Bertz CT molecular complexity index is 1010. The summed E-state index contributed by atoms with van der Waals surface area (Å²) in [6.45, 7) is 0. The molecule has 2 aromatic carbocycles. The lowest BCUT2D eigenvalue weighted by atomic mass is 10.1. The zero-order chi connectivity index (χ0) is 18.5. The second-order valence-electron chi connectivity index (χ2n) is 6.11. The molecule has 0 spiro atoms. The van der Waals surface area contributed by atoms with Crippen molar-refractivity contribution < 1.29 is 30.7 Å². The van der Waals surface area contributed by atoms with Gasteiger partial charge in [-0.15, -0.1) is 0 Å². The molecule has 0 aromatic heterocycles. The third kappa shape index (κ3) is 3.52. The maximum absolute atomic E-state index is 11.4. The molecule has 0 bridgehead atoms. The van der Waals surface area contributed by atoms with Gasteiger partial charge in [0.05, 0.1) is 43.4 Å². The Morgan fingerprint density at radius 3 is 1.96 bits per heavy atom. The number of ether oxygens (including phenoxy) is 1. The van der Waals surface area contributed by atoms with Gasteiger partial charge in [0.1, 0.15) is 21.6 Å². The lowest BCUT2D eigenvalue weighted by Gasteiger charge is -2.27. The summed E-state index contributed by atoms with van der Waals surface area (Å²) < 4.78 is 71.8. The molecule has 0 aliphatic rings. The van der Waals surface area contributed by atoms with Crippen LogP contribution in [0.2, 0.25) is 0 Å². The van der Waals surface area contributed by atoms with E-state index in [0.29, 0.717) is 11.1 Å². The van der Waals surface area contributed by atoms with E-state index < -0.39 is 30.0 Å². The third-order valence-electron chi connectivity index (χ3n) is 3.47. The van der Waals surface area contributed by atoms with Gasteiger partial charge in [0.25, 0.3) is 10.1 Å². The van der Waals surface area contributed by atoms with Crippen LogP contribution < -0.4 is 9.22 Å². The number of rotatable bonds is 4. The lowest BCUT2D eigenvalue weighted by molar-refractivity contribution is 0.415. The Balaban J connectivity index is 3.09. The van der Waals surface area contributed by atoms with Crippen LogP contribution >= 0.6 is 0 Å². The summed E-state index contributed by atoms with van der Waals surface area (Å²) in [5, 5.41) is 0.603. The van der Waals surface area contributed by atoms with Crippen molar-refractivity contribution >= 4 is 36.7 Å². The highest BCUT2D eigenvalue weighted by molar-refractivity contribution is 7.86. The summed E-state index contributed by atoms with van der Waals surface area (Å²) >= 11 is 0. The van der Waals surface area contributed by atoms with Gasteiger partial charge in [-0.3, -0.25) is 9.04 Å². The maximum atomic E-state index is 11.4. The van der Waals surface area contributed by atoms with Gasteiger partial charge in [-0.05, 0) is 17.5 Å². The van der Waals surface area contributed by atoms with E-state index in [9.17, 15) is 25.9 Å². The minimum absolute atomic E-state index is 0.137. The van der Waals surface area contributed by atoms with Crippen molar-refractivity contribution in [3.05, 3.63) is 24.3 Å². The second kappa shape index (κ2) is 5.67. The number of methoxy groups -OCH3 is 1. The molecule has 0 radical (unpaired) electrons. The van der Waals surface area contributed by atoms with Gasteiger partial charge in [-0.1, -0.05) is 0 Å². The maximum Gasteiger partial charge on any atom is 0.294 e. The van der Waals surface area contributed by atoms with E-state index in [1.807, 2.05) is 0 Å². The number of benzene rings is 2. The number of hydrogen-bond donors (Lipinski definition) is 1. The van der Waals surface area contributed by atoms with Crippen molar-refractivity contribution in [2.75, 3.05) is 28.3 Å². The number of hydrogen-bond acceptors (Lipinski definition) is 6. The Hall–Kier alpha value is -1.72. The number of fused-ring (bicyclic) bond motifs is 1. The molecule has 0 unspecified atom stereocenters. The fraction of sp³-hybridized carbons (Fsp3) is 0.286. The molecular formula is C14H17NO7S2. The van der Waals surface area contributed by atoms with Gasteiger partial charge in [0, 0.05) is 12.1 Å². The molecule has 2 rings (SSSR count). The summed E-state index contributed by atoms with van der Waals surface area (Å²) in [6, 6.07) is 4.54. The molecule has 24 heavy (non-hydrogen) atoms. The van der Waals surface area contributed by atoms with E-state index >= 15 is 0 Å². The van der Waals surface area contributed by atoms with Crippen LogP contribution in [-0.2, 0) is 20.2 Å². The molecule has 0 fully saturated rings. The highest BCUT2D eigenvalue weighted by atomic mass is 32.2. The Kier molecular flexibility index (Phi) is 4.40. The van der Waals surface area contributed by atoms with Crippen molar-refractivity contribution in [1.29, 1.82) is 0 Å². The lowest BCUT2D eigenvalue weighted by Crippen LogP contribution is -2.35. The zero-order valence-corrected chi connectivity index (χ0v) is 15.1. The minimum Gasteiger partial charge on any atom is -0.744 e. The first-order valence-electron chi connectivity index (χ1n) is 6.66. The van der Waals surface area contributed by atoms with E-state index in [4.69, 9.17) is 4.74 Å². The fourth-order valence-corrected chi connectivity index (χ4v) is 3.44. The predicted octanol–water partition coefficient (Wildman–Crippen LogP) is 1.20. The monoisotopic (exact) mass is 375 g/mol. The summed E-state index contributed by atoms with van der Waals surface area (Å²) in [6.07, 6.45) is 0. The van der Waals surface area contributed by atoms with Crippen LogP contribution in [0, 0.1) is 0 Å². The van der Waals surface area contributed by atoms with Crippen LogP contribution in [0.1, 0.15) is 0 Å². The van der Waals surface area contributed by atoms with Crippen molar-refractivity contribution in [3.63, 3.8) is 0 Å².